The van der Waals surface area contributed by atoms with E-state index >= 15 is 0 Å². The molecule has 0 saturated heterocycles. The number of unbranched alkanes of at least 4 members (excludes halogenated alkanes) is 3. The van der Waals surface area contributed by atoms with Crippen LogP contribution in [0.2, 0.25) is 0 Å². The van der Waals surface area contributed by atoms with Gasteiger partial charge < -0.3 is 10.1 Å². The molecule has 1 aromatic rings. The molecule has 0 bridgehead atoms. The Kier molecular flexibility index (Phi) is 7.87. The third-order valence-electron chi connectivity index (χ3n) is 3.02. The van der Waals surface area contributed by atoms with Crippen molar-refractivity contribution in [2.24, 2.45) is 0 Å². The third kappa shape index (κ3) is 7.30. The zero-order valence-electron chi connectivity index (χ0n) is 12.7. The first kappa shape index (κ1) is 17.0. The second kappa shape index (κ2) is 9.75. The fourth-order valence-corrected chi connectivity index (χ4v) is 1.78. The number of aryl methyl sites for hydroxylation is 1. The maximum Gasteiger partial charge on any atom is 0.330 e. The van der Waals surface area contributed by atoms with Gasteiger partial charge in [-0.05, 0) is 25.0 Å². The van der Waals surface area contributed by atoms with Crippen molar-refractivity contribution in [1.82, 2.24) is 0 Å². The number of carbonyl (C=O) groups is 2. The first-order valence-corrected chi connectivity index (χ1v) is 7.35. The van der Waals surface area contributed by atoms with Crippen molar-refractivity contribution in [3.63, 3.8) is 0 Å². The molecule has 4 heteroatoms. The highest BCUT2D eigenvalue weighted by atomic mass is 16.5. The Morgan fingerprint density at radius 3 is 2.62 bits per heavy atom. The Morgan fingerprint density at radius 2 is 1.90 bits per heavy atom. The lowest BCUT2D eigenvalue weighted by molar-refractivity contribution is -0.138. The molecule has 1 amide bonds. The SMILES string of the molecule is CCCCCCOC(=O)/C=C\C(=O)Nc1ccccc1C. The van der Waals surface area contributed by atoms with Gasteiger partial charge in [0, 0.05) is 17.8 Å². The first-order chi connectivity index (χ1) is 10.1. The lowest BCUT2D eigenvalue weighted by Crippen LogP contribution is -2.10. The number of esters is 1. The fraction of sp³-hybridized carbons (Fsp3) is 0.412. The quantitative estimate of drug-likeness (QED) is 0.452. The largest absolute Gasteiger partial charge is 0.463 e. The Morgan fingerprint density at radius 1 is 1.14 bits per heavy atom. The average molecular weight is 289 g/mol. The Balaban J connectivity index is 2.30. The van der Waals surface area contributed by atoms with Crippen molar-refractivity contribution < 1.29 is 14.3 Å². The summed E-state index contributed by atoms with van der Waals surface area (Å²) in [7, 11) is 0. The molecule has 21 heavy (non-hydrogen) atoms. The summed E-state index contributed by atoms with van der Waals surface area (Å²) < 4.78 is 5.01. The summed E-state index contributed by atoms with van der Waals surface area (Å²) in [5, 5.41) is 2.72. The molecule has 114 valence electrons. The van der Waals surface area contributed by atoms with Crippen LogP contribution in [0.4, 0.5) is 5.69 Å². The van der Waals surface area contributed by atoms with E-state index in [9.17, 15) is 9.59 Å². The molecule has 0 aliphatic carbocycles. The van der Waals surface area contributed by atoms with Crippen LogP contribution in [0.3, 0.4) is 0 Å². The fourth-order valence-electron chi connectivity index (χ4n) is 1.78. The minimum absolute atomic E-state index is 0.341. The van der Waals surface area contributed by atoms with Crippen LogP contribution < -0.4 is 5.32 Å². The number of nitrogens with one attached hydrogen (secondary N) is 1. The van der Waals surface area contributed by atoms with Crippen molar-refractivity contribution >= 4 is 17.6 Å². The lowest BCUT2D eigenvalue weighted by Gasteiger charge is -2.05. The highest BCUT2D eigenvalue weighted by molar-refractivity contribution is 6.02. The number of amides is 1. The van der Waals surface area contributed by atoms with Crippen molar-refractivity contribution in [3.05, 3.63) is 42.0 Å². The predicted molar refractivity (Wildman–Crippen MR) is 84.0 cm³/mol. The Hall–Kier alpha value is -2.10. The van der Waals surface area contributed by atoms with E-state index in [0.717, 1.165) is 43.0 Å². The Bertz CT molecular complexity index is 495. The molecule has 1 aromatic carbocycles. The van der Waals surface area contributed by atoms with Crippen molar-refractivity contribution in [2.45, 2.75) is 39.5 Å². The minimum atomic E-state index is -0.480. The summed E-state index contributed by atoms with van der Waals surface area (Å²) in [6.07, 6.45) is 6.57. The monoisotopic (exact) mass is 289 g/mol. The normalized spacial score (nSPS) is 10.6. The highest BCUT2D eigenvalue weighted by Crippen LogP contribution is 2.12. The van der Waals surface area contributed by atoms with Gasteiger partial charge in [0.1, 0.15) is 0 Å². The maximum atomic E-state index is 11.7. The summed E-state index contributed by atoms with van der Waals surface area (Å²) in [6.45, 7) is 4.44. The van der Waals surface area contributed by atoms with Gasteiger partial charge in [-0.3, -0.25) is 4.79 Å². The lowest BCUT2D eigenvalue weighted by atomic mass is 10.2. The molecule has 0 saturated carbocycles. The van der Waals surface area contributed by atoms with Crippen molar-refractivity contribution in [1.29, 1.82) is 0 Å². The smallest absolute Gasteiger partial charge is 0.330 e. The molecule has 1 N–H and O–H groups in total. The van der Waals surface area contributed by atoms with Gasteiger partial charge in [0.15, 0.2) is 0 Å². The predicted octanol–water partition coefficient (Wildman–Crippen LogP) is 3.61. The molecule has 0 aliphatic heterocycles. The maximum absolute atomic E-state index is 11.7. The van der Waals surface area contributed by atoms with E-state index in [1.54, 1.807) is 0 Å². The van der Waals surface area contributed by atoms with Crippen LogP contribution in [-0.2, 0) is 14.3 Å². The number of hydrogen-bond acceptors (Lipinski definition) is 3. The van der Waals surface area contributed by atoms with Crippen molar-refractivity contribution in [2.75, 3.05) is 11.9 Å². The summed E-state index contributed by atoms with van der Waals surface area (Å²) in [5.74, 6) is -0.821. The van der Waals surface area contributed by atoms with Crippen molar-refractivity contribution in [3.8, 4) is 0 Å². The summed E-state index contributed by atoms with van der Waals surface area (Å²) >= 11 is 0. The number of hydrogen-bond donors (Lipinski definition) is 1. The third-order valence-corrected chi connectivity index (χ3v) is 3.02. The van der Waals surface area contributed by atoms with Gasteiger partial charge in [-0.1, -0.05) is 44.4 Å². The van der Waals surface area contributed by atoms with Crippen LogP contribution in [0.25, 0.3) is 0 Å². The molecule has 0 aliphatic rings. The van der Waals surface area contributed by atoms with Crippen LogP contribution in [0, 0.1) is 6.92 Å². The van der Waals surface area contributed by atoms with E-state index in [4.69, 9.17) is 4.74 Å². The van der Waals surface area contributed by atoms with E-state index in [0.29, 0.717) is 6.61 Å². The number of para-hydroxylation sites is 1. The van der Waals surface area contributed by atoms with E-state index in [2.05, 4.69) is 12.2 Å². The summed E-state index contributed by atoms with van der Waals surface area (Å²) in [4.78, 5) is 23.1. The van der Waals surface area contributed by atoms with E-state index in [1.807, 2.05) is 31.2 Å². The molecule has 4 nitrogen and oxygen atoms in total. The molecule has 0 radical (unpaired) electrons. The summed E-state index contributed by atoms with van der Waals surface area (Å²) in [5.41, 5.74) is 1.71. The van der Waals surface area contributed by atoms with Gasteiger partial charge in [0.25, 0.3) is 0 Å². The topological polar surface area (TPSA) is 55.4 Å². The molecule has 0 heterocycles. The standard InChI is InChI=1S/C17H23NO3/c1-3-4-5-8-13-21-17(20)12-11-16(19)18-15-10-7-6-9-14(15)2/h6-7,9-12H,3-5,8,13H2,1-2H3,(H,18,19)/b12-11-. The molecular weight excluding hydrogens is 266 g/mol. The second-order valence-corrected chi connectivity index (χ2v) is 4.87. The molecule has 0 fully saturated rings. The van der Waals surface area contributed by atoms with Crippen LogP contribution in [-0.4, -0.2) is 18.5 Å². The van der Waals surface area contributed by atoms with Crippen LogP contribution >= 0.6 is 0 Å². The van der Waals surface area contributed by atoms with E-state index in [-0.39, 0.29) is 5.91 Å². The molecule has 0 unspecified atom stereocenters. The van der Waals surface area contributed by atoms with Gasteiger partial charge in [-0.2, -0.15) is 0 Å². The molecule has 0 aromatic heterocycles. The van der Waals surface area contributed by atoms with Crippen LogP contribution in [0.1, 0.15) is 38.2 Å². The number of rotatable bonds is 8. The van der Waals surface area contributed by atoms with E-state index < -0.39 is 5.97 Å². The zero-order valence-corrected chi connectivity index (χ0v) is 12.7. The molecule has 0 atom stereocenters. The minimum Gasteiger partial charge on any atom is -0.463 e. The molecular formula is C17H23NO3. The number of ether oxygens (including phenoxy) is 1. The van der Waals surface area contributed by atoms with Gasteiger partial charge in [0.2, 0.25) is 5.91 Å². The zero-order chi connectivity index (χ0) is 15.5. The van der Waals surface area contributed by atoms with Crippen LogP contribution in [0.5, 0.6) is 0 Å². The highest BCUT2D eigenvalue weighted by Gasteiger charge is 2.02. The van der Waals surface area contributed by atoms with Crippen LogP contribution in [0.15, 0.2) is 36.4 Å². The summed E-state index contributed by atoms with van der Waals surface area (Å²) in [6, 6.07) is 7.46. The van der Waals surface area contributed by atoms with Gasteiger partial charge >= 0.3 is 5.97 Å². The van der Waals surface area contributed by atoms with E-state index in [1.165, 1.54) is 6.08 Å². The Labute approximate surface area is 126 Å². The molecule has 1 rings (SSSR count). The van der Waals surface area contributed by atoms with Gasteiger partial charge in [-0.25, -0.2) is 4.79 Å². The van der Waals surface area contributed by atoms with Gasteiger partial charge in [0.05, 0.1) is 6.61 Å². The second-order valence-electron chi connectivity index (χ2n) is 4.87. The average Bonchev–Trinajstić information content (AvgIpc) is 2.47. The number of carbonyl (C=O) groups excluding carboxylic acids is 2. The number of benzene rings is 1. The van der Waals surface area contributed by atoms with Gasteiger partial charge in [-0.15, -0.1) is 0 Å². The number of anilines is 1. The molecule has 0 spiro atoms. The first-order valence-electron chi connectivity index (χ1n) is 7.35.